The van der Waals surface area contributed by atoms with Crippen LogP contribution in [0.5, 0.6) is 0 Å². The molecule has 1 aromatic heterocycles. The molecule has 4 nitrogen and oxygen atoms in total. The van der Waals surface area contributed by atoms with Crippen molar-refractivity contribution in [2.45, 2.75) is 12.5 Å². The van der Waals surface area contributed by atoms with E-state index >= 15 is 0 Å². The first kappa shape index (κ1) is 8.72. The van der Waals surface area contributed by atoms with Crippen LogP contribution in [0.4, 0.5) is 5.82 Å². The molecule has 1 N–H and O–H groups in total. The summed E-state index contributed by atoms with van der Waals surface area (Å²) in [6.45, 7) is 1.39. The Morgan fingerprint density at radius 1 is 1.46 bits per heavy atom. The fourth-order valence-corrected chi connectivity index (χ4v) is 1.68. The Balaban J connectivity index is 2.21. The quantitative estimate of drug-likeness (QED) is 0.724. The van der Waals surface area contributed by atoms with Crippen molar-refractivity contribution in [1.82, 2.24) is 9.97 Å². The van der Waals surface area contributed by atoms with Gasteiger partial charge in [0.1, 0.15) is 0 Å². The number of halogens is 1. The Morgan fingerprint density at radius 2 is 2.23 bits per heavy atom. The van der Waals surface area contributed by atoms with Crippen LogP contribution in [0.1, 0.15) is 6.42 Å². The van der Waals surface area contributed by atoms with Gasteiger partial charge in [-0.2, -0.15) is 0 Å². The zero-order chi connectivity index (χ0) is 9.26. The number of hydrogen-bond donors (Lipinski definition) is 1. The predicted molar refractivity (Wildman–Crippen MR) is 49.9 cm³/mol. The lowest BCUT2D eigenvalue weighted by atomic mass is 10.3. The second-order valence-corrected chi connectivity index (χ2v) is 3.42. The molecule has 13 heavy (non-hydrogen) atoms. The van der Waals surface area contributed by atoms with E-state index in [-0.39, 0.29) is 6.10 Å². The minimum atomic E-state index is -0.266. The average molecular weight is 200 g/mol. The molecule has 1 aromatic rings. The Bertz CT molecular complexity index is 307. The number of nitrogens with zero attached hydrogens (tertiary/aromatic N) is 3. The summed E-state index contributed by atoms with van der Waals surface area (Å²) in [4.78, 5) is 9.99. The highest BCUT2D eigenvalue weighted by Gasteiger charge is 2.23. The van der Waals surface area contributed by atoms with Gasteiger partial charge in [0.2, 0.25) is 0 Å². The molecular formula is C8H10ClN3O. The molecule has 0 spiro atoms. The van der Waals surface area contributed by atoms with Crippen molar-refractivity contribution in [2.24, 2.45) is 0 Å². The van der Waals surface area contributed by atoms with Gasteiger partial charge in [-0.05, 0) is 6.42 Å². The van der Waals surface area contributed by atoms with Crippen LogP contribution in [0, 0.1) is 0 Å². The molecule has 0 bridgehead atoms. The van der Waals surface area contributed by atoms with Gasteiger partial charge in [-0.25, -0.2) is 9.97 Å². The van der Waals surface area contributed by atoms with E-state index in [1.165, 1.54) is 0 Å². The smallest absolute Gasteiger partial charge is 0.171 e. The molecule has 1 aliphatic rings. The molecule has 1 saturated heterocycles. The molecular weight excluding hydrogens is 190 g/mol. The molecule has 5 heteroatoms. The molecule has 0 radical (unpaired) electrons. The fraction of sp³-hybridized carbons (Fsp3) is 0.500. The van der Waals surface area contributed by atoms with Crippen LogP contribution < -0.4 is 4.90 Å². The summed E-state index contributed by atoms with van der Waals surface area (Å²) in [5, 5.41) is 9.72. The number of rotatable bonds is 1. The Kier molecular flexibility index (Phi) is 2.33. The summed E-state index contributed by atoms with van der Waals surface area (Å²) in [7, 11) is 0. The van der Waals surface area contributed by atoms with Crippen LogP contribution in [0.15, 0.2) is 12.4 Å². The highest BCUT2D eigenvalue weighted by molar-refractivity contribution is 6.31. The zero-order valence-electron chi connectivity index (χ0n) is 7.02. The molecule has 1 atom stereocenters. The van der Waals surface area contributed by atoms with Crippen LogP contribution in [0.3, 0.4) is 0 Å². The van der Waals surface area contributed by atoms with E-state index < -0.39 is 0 Å². The highest BCUT2D eigenvalue weighted by atomic mass is 35.5. The second kappa shape index (κ2) is 3.47. The Labute approximate surface area is 81.2 Å². The summed E-state index contributed by atoms with van der Waals surface area (Å²) in [5.41, 5.74) is 0. The van der Waals surface area contributed by atoms with Gasteiger partial charge in [-0.15, -0.1) is 0 Å². The maximum absolute atomic E-state index is 9.32. The summed E-state index contributed by atoms with van der Waals surface area (Å²) >= 11 is 5.86. The topological polar surface area (TPSA) is 49.2 Å². The molecule has 1 fully saturated rings. The highest BCUT2D eigenvalue weighted by Crippen LogP contribution is 2.23. The first-order valence-electron chi connectivity index (χ1n) is 4.17. The SMILES string of the molecule is OC1CCN(c2nccnc2Cl)C1. The van der Waals surface area contributed by atoms with Crippen molar-refractivity contribution < 1.29 is 5.11 Å². The van der Waals surface area contributed by atoms with Crippen LogP contribution in [-0.4, -0.2) is 34.3 Å². The van der Waals surface area contributed by atoms with Gasteiger partial charge in [0.15, 0.2) is 11.0 Å². The molecule has 2 heterocycles. The van der Waals surface area contributed by atoms with E-state index in [0.29, 0.717) is 17.5 Å². The lowest BCUT2D eigenvalue weighted by Crippen LogP contribution is -2.22. The van der Waals surface area contributed by atoms with Gasteiger partial charge in [0, 0.05) is 25.5 Å². The third-order valence-corrected chi connectivity index (χ3v) is 2.37. The van der Waals surface area contributed by atoms with Gasteiger partial charge in [0.25, 0.3) is 0 Å². The van der Waals surface area contributed by atoms with Crippen molar-refractivity contribution in [3.8, 4) is 0 Å². The number of aromatic nitrogens is 2. The average Bonchev–Trinajstić information content (AvgIpc) is 2.53. The fourth-order valence-electron chi connectivity index (χ4n) is 1.46. The van der Waals surface area contributed by atoms with E-state index in [2.05, 4.69) is 9.97 Å². The monoisotopic (exact) mass is 199 g/mol. The van der Waals surface area contributed by atoms with Crippen molar-refractivity contribution in [3.05, 3.63) is 17.5 Å². The van der Waals surface area contributed by atoms with Crippen molar-refractivity contribution in [1.29, 1.82) is 0 Å². The molecule has 1 aliphatic heterocycles. The molecule has 1 unspecified atom stereocenters. The van der Waals surface area contributed by atoms with E-state index in [0.717, 1.165) is 13.0 Å². The lowest BCUT2D eigenvalue weighted by molar-refractivity contribution is 0.198. The first-order chi connectivity index (χ1) is 6.27. The molecule has 0 saturated carbocycles. The summed E-state index contributed by atoms with van der Waals surface area (Å²) < 4.78 is 0. The van der Waals surface area contributed by atoms with Crippen molar-refractivity contribution in [2.75, 3.05) is 18.0 Å². The molecule has 0 aliphatic carbocycles. The summed E-state index contributed by atoms with van der Waals surface area (Å²) in [5.74, 6) is 0.667. The summed E-state index contributed by atoms with van der Waals surface area (Å²) in [6.07, 6.45) is 3.66. The minimum absolute atomic E-state index is 0.266. The second-order valence-electron chi connectivity index (χ2n) is 3.06. The van der Waals surface area contributed by atoms with Crippen molar-refractivity contribution in [3.63, 3.8) is 0 Å². The van der Waals surface area contributed by atoms with Crippen LogP contribution in [0.25, 0.3) is 0 Å². The number of aliphatic hydroxyl groups excluding tert-OH is 1. The van der Waals surface area contributed by atoms with Gasteiger partial charge < -0.3 is 10.0 Å². The van der Waals surface area contributed by atoms with Crippen LogP contribution in [0.2, 0.25) is 5.15 Å². The lowest BCUT2D eigenvalue weighted by Gasteiger charge is -2.16. The Hall–Kier alpha value is -0.870. The predicted octanol–water partition coefficient (Wildman–Crippen LogP) is 0.701. The summed E-state index contributed by atoms with van der Waals surface area (Å²) in [6, 6.07) is 0. The van der Waals surface area contributed by atoms with E-state index in [9.17, 15) is 5.11 Å². The number of β-amino-alcohol motifs (C(OH)–C–C–N with tert-alkyl or cyclic N) is 1. The normalized spacial score (nSPS) is 22.3. The van der Waals surface area contributed by atoms with Gasteiger partial charge >= 0.3 is 0 Å². The van der Waals surface area contributed by atoms with E-state index in [1.807, 2.05) is 4.90 Å². The van der Waals surface area contributed by atoms with Crippen molar-refractivity contribution >= 4 is 17.4 Å². The minimum Gasteiger partial charge on any atom is -0.391 e. The van der Waals surface area contributed by atoms with Crippen LogP contribution in [-0.2, 0) is 0 Å². The molecule has 2 rings (SSSR count). The van der Waals surface area contributed by atoms with Crippen LogP contribution >= 0.6 is 11.6 Å². The molecule has 0 amide bonds. The standard InChI is InChI=1S/C8H10ClN3O/c9-7-8(11-3-2-10-7)12-4-1-6(13)5-12/h2-3,6,13H,1,4-5H2. The largest absolute Gasteiger partial charge is 0.391 e. The van der Waals surface area contributed by atoms with Gasteiger partial charge in [-0.3, -0.25) is 0 Å². The number of aliphatic hydroxyl groups is 1. The third kappa shape index (κ3) is 1.73. The maximum atomic E-state index is 9.32. The molecule has 70 valence electrons. The Morgan fingerprint density at radius 3 is 2.85 bits per heavy atom. The van der Waals surface area contributed by atoms with Gasteiger partial charge in [0.05, 0.1) is 6.10 Å². The van der Waals surface area contributed by atoms with E-state index in [4.69, 9.17) is 11.6 Å². The number of anilines is 1. The maximum Gasteiger partial charge on any atom is 0.171 e. The van der Waals surface area contributed by atoms with Gasteiger partial charge in [-0.1, -0.05) is 11.6 Å². The molecule has 0 aromatic carbocycles. The third-order valence-electron chi connectivity index (χ3n) is 2.10. The zero-order valence-corrected chi connectivity index (χ0v) is 7.78. The first-order valence-corrected chi connectivity index (χ1v) is 4.54. The van der Waals surface area contributed by atoms with E-state index in [1.54, 1.807) is 12.4 Å². The number of hydrogen-bond acceptors (Lipinski definition) is 4.